The number of furan rings is 1. The zero-order valence-corrected chi connectivity index (χ0v) is 17.9. The van der Waals surface area contributed by atoms with E-state index in [-0.39, 0.29) is 22.9 Å². The van der Waals surface area contributed by atoms with Gasteiger partial charge in [0.25, 0.3) is 5.91 Å². The number of nitrogens with one attached hydrogen (secondary N) is 1. The van der Waals surface area contributed by atoms with Crippen molar-refractivity contribution >= 4 is 39.2 Å². The van der Waals surface area contributed by atoms with Gasteiger partial charge in [0.2, 0.25) is 5.78 Å². The van der Waals surface area contributed by atoms with Crippen LogP contribution in [0.4, 0.5) is 10.1 Å². The van der Waals surface area contributed by atoms with Crippen LogP contribution in [0.3, 0.4) is 0 Å². The van der Waals surface area contributed by atoms with E-state index in [9.17, 15) is 14.0 Å². The molecule has 1 N–H and O–H groups in total. The summed E-state index contributed by atoms with van der Waals surface area (Å²) >= 11 is 0. The van der Waals surface area contributed by atoms with E-state index in [0.29, 0.717) is 33.2 Å². The first kappa shape index (κ1) is 20.5. The predicted octanol–water partition coefficient (Wildman–Crippen LogP) is 5.56. The van der Waals surface area contributed by atoms with Crippen molar-refractivity contribution in [3.05, 3.63) is 95.6 Å². The fourth-order valence-electron chi connectivity index (χ4n) is 3.92. The summed E-state index contributed by atoms with van der Waals surface area (Å²) in [5.41, 5.74) is 1.96. The molecule has 0 aliphatic heterocycles. The smallest absolute Gasteiger partial charge is 0.272 e. The summed E-state index contributed by atoms with van der Waals surface area (Å²) in [5.74, 6) is -0.644. The number of carbonyl (C=O) groups excluding carboxylic acids is 2. The molecule has 0 radical (unpaired) electrons. The molecule has 5 rings (SSSR count). The molecule has 0 atom stereocenters. The third kappa shape index (κ3) is 3.43. The predicted molar refractivity (Wildman–Crippen MR) is 123 cm³/mol. The number of aromatic nitrogens is 1. The maximum Gasteiger partial charge on any atom is 0.272 e. The highest BCUT2D eigenvalue weighted by atomic mass is 19.1. The Hall–Kier alpha value is -4.39. The zero-order valence-electron chi connectivity index (χ0n) is 17.9. The van der Waals surface area contributed by atoms with Gasteiger partial charge in [0, 0.05) is 23.4 Å². The number of benzene rings is 3. The van der Waals surface area contributed by atoms with Crippen molar-refractivity contribution in [2.24, 2.45) is 7.05 Å². The van der Waals surface area contributed by atoms with Gasteiger partial charge in [0.15, 0.2) is 5.76 Å². The van der Waals surface area contributed by atoms with Crippen LogP contribution in [0.2, 0.25) is 0 Å². The van der Waals surface area contributed by atoms with Gasteiger partial charge in [-0.2, -0.15) is 0 Å². The monoisotopic (exact) mass is 442 g/mol. The van der Waals surface area contributed by atoms with Crippen molar-refractivity contribution in [1.82, 2.24) is 4.57 Å². The number of fused-ring (bicyclic) bond motifs is 2. The number of ketones is 1. The second-order valence-corrected chi connectivity index (χ2v) is 7.58. The van der Waals surface area contributed by atoms with Gasteiger partial charge in [-0.15, -0.1) is 0 Å². The van der Waals surface area contributed by atoms with Crippen molar-refractivity contribution in [2.45, 2.75) is 0 Å². The van der Waals surface area contributed by atoms with E-state index in [1.807, 2.05) is 0 Å². The Labute approximate surface area is 188 Å². The lowest BCUT2D eigenvalue weighted by Crippen LogP contribution is -2.17. The third-order valence-corrected chi connectivity index (χ3v) is 5.66. The quantitative estimate of drug-likeness (QED) is 0.362. The number of nitrogens with zero attached hydrogens (tertiary/aromatic N) is 1. The molecule has 0 bridgehead atoms. The van der Waals surface area contributed by atoms with E-state index in [0.717, 1.165) is 0 Å². The van der Waals surface area contributed by atoms with E-state index < -0.39 is 11.7 Å². The molecule has 0 saturated carbocycles. The molecule has 33 heavy (non-hydrogen) atoms. The molecule has 7 heteroatoms. The molecular formula is C26H19FN2O4. The van der Waals surface area contributed by atoms with Crippen molar-refractivity contribution in [3.8, 4) is 5.75 Å². The Morgan fingerprint density at radius 2 is 1.73 bits per heavy atom. The fourth-order valence-corrected chi connectivity index (χ4v) is 3.92. The Bertz CT molecular complexity index is 1530. The first-order valence-corrected chi connectivity index (χ1v) is 10.2. The van der Waals surface area contributed by atoms with E-state index in [4.69, 9.17) is 9.15 Å². The molecule has 2 aromatic heterocycles. The second kappa shape index (κ2) is 7.94. The minimum atomic E-state index is -0.483. The molecule has 2 heterocycles. The van der Waals surface area contributed by atoms with Gasteiger partial charge >= 0.3 is 0 Å². The number of rotatable bonds is 5. The van der Waals surface area contributed by atoms with E-state index in [2.05, 4.69) is 5.32 Å². The summed E-state index contributed by atoms with van der Waals surface area (Å²) in [6, 6.07) is 19.9. The normalized spacial score (nSPS) is 11.1. The van der Waals surface area contributed by atoms with Crippen LogP contribution in [-0.4, -0.2) is 23.4 Å². The van der Waals surface area contributed by atoms with Crippen molar-refractivity contribution in [1.29, 1.82) is 0 Å². The molecule has 0 unspecified atom stereocenters. The molecule has 6 nitrogen and oxygen atoms in total. The van der Waals surface area contributed by atoms with Crippen molar-refractivity contribution in [3.63, 3.8) is 0 Å². The lowest BCUT2D eigenvalue weighted by Gasteiger charge is -2.08. The number of anilines is 1. The van der Waals surface area contributed by atoms with Crippen LogP contribution >= 0.6 is 0 Å². The van der Waals surface area contributed by atoms with Gasteiger partial charge < -0.3 is 19.0 Å². The molecule has 5 aromatic rings. The van der Waals surface area contributed by atoms with Crippen molar-refractivity contribution < 1.29 is 23.1 Å². The molecule has 0 spiro atoms. The third-order valence-electron chi connectivity index (χ3n) is 5.66. The first-order valence-electron chi connectivity index (χ1n) is 10.2. The lowest BCUT2D eigenvalue weighted by molar-refractivity contribution is 0.101. The topological polar surface area (TPSA) is 73.5 Å². The number of para-hydroxylation sites is 1. The van der Waals surface area contributed by atoms with E-state index in [1.165, 1.54) is 12.1 Å². The Morgan fingerprint density at radius 3 is 2.45 bits per heavy atom. The molecule has 0 aliphatic carbocycles. The number of methoxy groups -OCH3 is 1. The maximum absolute atomic E-state index is 14.2. The van der Waals surface area contributed by atoms with E-state index in [1.54, 1.807) is 79.4 Å². The van der Waals surface area contributed by atoms with Crippen LogP contribution in [-0.2, 0) is 7.05 Å². The van der Waals surface area contributed by atoms with Crippen LogP contribution in [0.25, 0.3) is 21.9 Å². The van der Waals surface area contributed by atoms with Gasteiger partial charge in [0.05, 0.1) is 18.3 Å². The highest BCUT2D eigenvalue weighted by molar-refractivity contribution is 6.19. The van der Waals surface area contributed by atoms with Gasteiger partial charge in [-0.25, -0.2) is 4.39 Å². The van der Waals surface area contributed by atoms with E-state index >= 15 is 0 Å². The van der Waals surface area contributed by atoms with Gasteiger partial charge in [-0.3, -0.25) is 9.59 Å². The average molecular weight is 442 g/mol. The number of hydrogen-bond donors (Lipinski definition) is 1. The standard InChI is InChI=1S/C26H19FN2O4/c1-29-20-8-5-7-19(27)18(20)14-21(29)26(31)28-23-17-6-3-4-9-22(17)33-25(23)24(30)15-10-12-16(32-2)13-11-15/h3-14H,1-2H3,(H,28,31). The van der Waals surface area contributed by atoms with Crippen LogP contribution in [0.15, 0.2) is 77.2 Å². The lowest BCUT2D eigenvalue weighted by atomic mass is 10.1. The number of amides is 1. The maximum atomic E-state index is 14.2. The summed E-state index contributed by atoms with van der Waals surface area (Å²) in [6.45, 7) is 0. The number of hydrogen-bond acceptors (Lipinski definition) is 4. The number of carbonyl (C=O) groups is 2. The van der Waals surface area contributed by atoms with Crippen molar-refractivity contribution in [2.75, 3.05) is 12.4 Å². The van der Waals surface area contributed by atoms with Crippen LogP contribution in [0.1, 0.15) is 26.6 Å². The molecule has 0 saturated heterocycles. The first-order chi connectivity index (χ1) is 16.0. The second-order valence-electron chi connectivity index (χ2n) is 7.58. The van der Waals surface area contributed by atoms with Gasteiger partial charge in [-0.1, -0.05) is 18.2 Å². The molecule has 1 amide bonds. The number of aryl methyl sites for hydroxylation is 1. The zero-order chi connectivity index (χ0) is 23.1. The molecular weight excluding hydrogens is 423 g/mol. The molecule has 0 aliphatic rings. The minimum absolute atomic E-state index is 0.0136. The van der Waals surface area contributed by atoms with Crippen LogP contribution < -0.4 is 10.1 Å². The summed E-state index contributed by atoms with van der Waals surface area (Å²) in [5, 5.41) is 3.76. The SMILES string of the molecule is COc1ccc(C(=O)c2oc3ccccc3c2NC(=O)c2cc3c(F)cccc3n2C)cc1. The van der Waals surface area contributed by atoms with Crippen LogP contribution in [0.5, 0.6) is 5.75 Å². The minimum Gasteiger partial charge on any atom is -0.497 e. The molecule has 0 fully saturated rings. The van der Waals surface area contributed by atoms with Gasteiger partial charge in [0.1, 0.15) is 22.8 Å². The Morgan fingerprint density at radius 1 is 0.970 bits per heavy atom. The molecule has 164 valence electrons. The largest absolute Gasteiger partial charge is 0.497 e. The summed E-state index contributed by atoms with van der Waals surface area (Å²) in [6.07, 6.45) is 0. The molecule has 3 aromatic carbocycles. The highest BCUT2D eigenvalue weighted by Gasteiger charge is 2.25. The Balaban J connectivity index is 1.58. The average Bonchev–Trinajstić information content (AvgIpc) is 3.38. The Kier molecular flexibility index (Phi) is 4.94. The fraction of sp³-hybridized carbons (Fsp3) is 0.0769. The summed E-state index contributed by atoms with van der Waals surface area (Å²) in [4.78, 5) is 26.5. The number of ether oxygens (including phenoxy) is 1. The number of halogens is 1. The van der Waals surface area contributed by atoms with Gasteiger partial charge in [-0.05, 0) is 54.6 Å². The highest BCUT2D eigenvalue weighted by Crippen LogP contribution is 2.33. The summed E-state index contributed by atoms with van der Waals surface area (Å²) < 4.78 is 26.8. The summed E-state index contributed by atoms with van der Waals surface area (Å²) in [7, 11) is 3.23. The van der Waals surface area contributed by atoms with Crippen LogP contribution in [0, 0.1) is 5.82 Å².